The average Bonchev–Trinajstić information content (AvgIpc) is 3.01. The fourth-order valence-corrected chi connectivity index (χ4v) is 3.51. The van der Waals surface area contributed by atoms with Crippen LogP contribution >= 0.6 is 22.7 Å². The first-order valence-corrected chi connectivity index (χ1v) is 8.39. The number of rotatable bonds is 8. The van der Waals surface area contributed by atoms with Crippen LogP contribution in [0.3, 0.4) is 0 Å². The summed E-state index contributed by atoms with van der Waals surface area (Å²) in [5.41, 5.74) is 1.34. The van der Waals surface area contributed by atoms with Gasteiger partial charge < -0.3 is 15.2 Å². The summed E-state index contributed by atoms with van der Waals surface area (Å²) in [5, 5.41) is 15.1. The van der Waals surface area contributed by atoms with Gasteiger partial charge in [-0.15, -0.1) is 22.7 Å². The fraction of sp³-hybridized carbons (Fsp3) is 0.467. The molecule has 1 atom stereocenters. The number of aliphatic hydroxyl groups excluding tert-OH is 1. The molecule has 3 nitrogen and oxygen atoms in total. The van der Waals surface area contributed by atoms with Gasteiger partial charge >= 0.3 is 0 Å². The van der Waals surface area contributed by atoms with Gasteiger partial charge in [-0.1, -0.05) is 6.07 Å². The third-order valence-corrected chi connectivity index (χ3v) is 5.03. The molecule has 1 unspecified atom stereocenters. The van der Waals surface area contributed by atoms with Gasteiger partial charge in [0.25, 0.3) is 0 Å². The largest absolute Gasteiger partial charge is 0.389 e. The van der Waals surface area contributed by atoms with E-state index >= 15 is 0 Å². The molecule has 2 N–H and O–H groups in total. The molecule has 110 valence electrons. The Hall–Kier alpha value is -0.720. The molecule has 0 aliphatic heterocycles. The number of aliphatic hydroxyl groups is 1. The Morgan fingerprint density at radius 3 is 2.85 bits per heavy atom. The van der Waals surface area contributed by atoms with Crippen molar-refractivity contribution in [2.24, 2.45) is 0 Å². The summed E-state index contributed by atoms with van der Waals surface area (Å²) < 4.78 is 5.49. The summed E-state index contributed by atoms with van der Waals surface area (Å²) in [6, 6.07) is 6.25. The van der Waals surface area contributed by atoms with Crippen LogP contribution in [0.15, 0.2) is 23.6 Å². The number of nitrogens with one attached hydrogen (secondary N) is 1. The lowest BCUT2D eigenvalue weighted by Crippen LogP contribution is -2.29. The summed E-state index contributed by atoms with van der Waals surface area (Å²) in [6.07, 6.45) is -0.461. The van der Waals surface area contributed by atoms with Crippen molar-refractivity contribution in [1.29, 1.82) is 0 Å². The molecule has 0 aliphatic rings. The second-order valence-electron chi connectivity index (χ2n) is 4.83. The number of aryl methyl sites for hydroxylation is 2. The highest BCUT2D eigenvalue weighted by atomic mass is 32.1. The Morgan fingerprint density at radius 2 is 2.20 bits per heavy atom. The third kappa shape index (κ3) is 5.00. The SMILES string of the molecule is Cc1cc(CNCC(O)COCc2cccs2)sc1C. The van der Waals surface area contributed by atoms with Gasteiger partial charge in [0, 0.05) is 27.7 Å². The molecular weight excluding hydrogens is 290 g/mol. The zero-order valence-electron chi connectivity index (χ0n) is 11.9. The second-order valence-corrected chi connectivity index (χ2v) is 7.20. The maximum absolute atomic E-state index is 9.83. The molecule has 2 rings (SSSR count). The molecule has 0 aromatic carbocycles. The van der Waals surface area contributed by atoms with E-state index < -0.39 is 6.10 Å². The summed E-state index contributed by atoms with van der Waals surface area (Å²) in [6.45, 7) is 6.58. The highest BCUT2D eigenvalue weighted by molar-refractivity contribution is 7.12. The number of thiophene rings is 2. The van der Waals surface area contributed by atoms with Crippen LogP contribution in [-0.4, -0.2) is 24.4 Å². The normalized spacial score (nSPS) is 12.8. The van der Waals surface area contributed by atoms with Crippen LogP contribution < -0.4 is 5.32 Å². The van der Waals surface area contributed by atoms with Crippen molar-refractivity contribution in [3.05, 3.63) is 43.8 Å². The van der Waals surface area contributed by atoms with Gasteiger partial charge in [0.15, 0.2) is 0 Å². The molecule has 0 aliphatic carbocycles. The average molecular weight is 311 g/mol. The highest BCUT2D eigenvalue weighted by Crippen LogP contribution is 2.20. The molecule has 0 bridgehead atoms. The molecule has 0 saturated heterocycles. The van der Waals surface area contributed by atoms with E-state index in [9.17, 15) is 5.11 Å². The first-order chi connectivity index (χ1) is 9.65. The van der Waals surface area contributed by atoms with Crippen molar-refractivity contribution in [3.63, 3.8) is 0 Å². The van der Waals surface area contributed by atoms with Crippen LogP contribution in [0.2, 0.25) is 0 Å². The molecule has 0 saturated carbocycles. The summed E-state index contributed by atoms with van der Waals surface area (Å²) >= 11 is 3.48. The minimum absolute atomic E-state index is 0.368. The zero-order valence-corrected chi connectivity index (χ0v) is 13.5. The van der Waals surface area contributed by atoms with E-state index in [0.717, 1.165) is 6.54 Å². The van der Waals surface area contributed by atoms with Crippen LogP contribution in [0.4, 0.5) is 0 Å². The Balaban J connectivity index is 1.59. The standard InChI is InChI=1S/C15H21NO2S2/c1-11-6-15(20-12(11)2)8-16-7-13(17)9-18-10-14-4-3-5-19-14/h3-6,13,16-17H,7-10H2,1-2H3. The maximum Gasteiger partial charge on any atom is 0.0897 e. The van der Waals surface area contributed by atoms with E-state index in [1.54, 1.807) is 11.3 Å². The van der Waals surface area contributed by atoms with Crippen molar-refractivity contribution in [1.82, 2.24) is 5.32 Å². The summed E-state index contributed by atoms with van der Waals surface area (Å²) in [7, 11) is 0. The van der Waals surface area contributed by atoms with Crippen LogP contribution in [0.1, 0.15) is 20.2 Å². The minimum Gasteiger partial charge on any atom is -0.389 e. The van der Waals surface area contributed by atoms with Crippen LogP contribution in [-0.2, 0) is 17.9 Å². The topological polar surface area (TPSA) is 41.5 Å². The van der Waals surface area contributed by atoms with Gasteiger partial charge in [-0.3, -0.25) is 0 Å². The van der Waals surface area contributed by atoms with Crippen molar-refractivity contribution in [2.75, 3.05) is 13.2 Å². The molecule has 2 aromatic heterocycles. The highest BCUT2D eigenvalue weighted by Gasteiger charge is 2.06. The van der Waals surface area contributed by atoms with Crippen molar-refractivity contribution >= 4 is 22.7 Å². The van der Waals surface area contributed by atoms with Gasteiger partial charge in [-0.25, -0.2) is 0 Å². The van der Waals surface area contributed by atoms with Crippen molar-refractivity contribution in [2.45, 2.75) is 33.1 Å². The fourth-order valence-electron chi connectivity index (χ4n) is 1.85. The summed E-state index contributed by atoms with van der Waals surface area (Å²) in [5.74, 6) is 0. The molecular formula is C15H21NO2S2. The Morgan fingerprint density at radius 1 is 1.35 bits per heavy atom. The smallest absolute Gasteiger partial charge is 0.0897 e. The minimum atomic E-state index is -0.461. The number of hydrogen-bond donors (Lipinski definition) is 2. The van der Waals surface area contributed by atoms with E-state index in [1.807, 2.05) is 28.8 Å². The molecule has 0 spiro atoms. The lowest BCUT2D eigenvalue weighted by molar-refractivity contribution is 0.0297. The lowest BCUT2D eigenvalue weighted by atomic mass is 10.3. The zero-order chi connectivity index (χ0) is 14.4. The molecule has 2 heterocycles. The van der Waals surface area contributed by atoms with Gasteiger partial charge in [0.1, 0.15) is 0 Å². The van der Waals surface area contributed by atoms with Crippen molar-refractivity contribution in [3.8, 4) is 0 Å². The molecule has 0 radical (unpaired) electrons. The van der Waals surface area contributed by atoms with Crippen LogP contribution in [0, 0.1) is 13.8 Å². The Labute approximate surface area is 128 Å². The van der Waals surface area contributed by atoms with Gasteiger partial charge in [-0.05, 0) is 36.9 Å². The molecule has 2 aromatic rings. The maximum atomic E-state index is 9.83. The predicted molar refractivity (Wildman–Crippen MR) is 85.5 cm³/mol. The first-order valence-electron chi connectivity index (χ1n) is 6.70. The van der Waals surface area contributed by atoms with E-state index in [-0.39, 0.29) is 0 Å². The van der Waals surface area contributed by atoms with Gasteiger partial charge in [0.2, 0.25) is 0 Å². The Kier molecular flexibility index (Phi) is 6.19. The van der Waals surface area contributed by atoms with Gasteiger partial charge in [-0.2, -0.15) is 0 Å². The number of hydrogen-bond acceptors (Lipinski definition) is 5. The first kappa shape index (κ1) is 15.7. The molecule has 0 fully saturated rings. The quantitative estimate of drug-likeness (QED) is 0.787. The monoisotopic (exact) mass is 311 g/mol. The molecule has 20 heavy (non-hydrogen) atoms. The summed E-state index contributed by atoms with van der Waals surface area (Å²) in [4.78, 5) is 3.86. The molecule has 0 amide bonds. The second kappa shape index (κ2) is 7.90. The number of ether oxygens (including phenoxy) is 1. The third-order valence-electron chi connectivity index (χ3n) is 3.03. The van der Waals surface area contributed by atoms with E-state index in [1.165, 1.54) is 20.2 Å². The lowest BCUT2D eigenvalue weighted by Gasteiger charge is -2.11. The Bertz CT molecular complexity index is 488. The molecule has 5 heteroatoms. The van der Waals surface area contributed by atoms with Crippen molar-refractivity contribution < 1.29 is 9.84 Å². The van der Waals surface area contributed by atoms with E-state index in [4.69, 9.17) is 4.74 Å². The predicted octanol–water partition coefficient (Wildman–Crippen LogP) is 3.09. The van der Waals surface area contributed by atoms with E-state index in [0.29, 0.717) is 19.8 Å². The van der Waals surface area contributed by atoms with E-state index in [2.05, 4.69) is 25.2 Å². The van der Waals surface area contributed by atoms with Gasteiger partial charge in [0.05, 0.1) is 19.3 Å². The van der Waals surface area contributed by atoms with Crippen LogP contribution in [0.25, 0.3) is 0 Å². The van der Waals surface area contributed by atoms with Crippen LogP contribution in [0.5, 0.6) is 0 Å².